The highest BCUT2D eigenvalue weighted by atomic mass is 14.6. The van der Waals surface area contributed by atoms with Gasteiger partial charge in [-0.15, -0.1) is 0 Å². The Balaban J connectivity index is 2.10. The van der Waals surface area contributed by atoms with Crippen molar-refractivity contribution < 1.29 is 0 Å². The molecule has 0 amide bonds. The highest BCUT2D eigenvalue weighted by Crippen LogP contribution is 2.63. The maximum atomic E-state index is 2.53. The Bertz CT molecular complexity index is 261. The molecule has 3 aliphatic rings. The average Bonchev–Trinajstić information content (AvgIpc) is 2.61. The van der Waals surface area contributed by atoms with Gasteiger partial charge in [0, 0.05) is 0 Å². The molecule has 2 fully saturated rings. The molecule has 0 saturated heterocycles. The fourth-order valence-corrected chi connectivity index (χ4v) is 4.19. The summed E-state index contributed by atoms with van der Waals surface area (Å²) in [5.74, 6) is 1.99. The molecule has 0 aromatic rings. The Morgan fingerprint density at radius 1 is 1.33 bits per heavy atom. The van der Waals surface area contributed by atoms with Gasteiger partial charge in [0.2, 0.25) is 0 Å². The van der Waals surface area contributed by atoms with Gasteiger partial charge in [-0.3, -0.25) is 0 Å². The van der Waals surface area contributed by atoms with Crippen LogP contribution in [-0.2, 0) is 0 Å². The SMILES string of the molecule is CC1CCC2=C3CCC(C)(C3)C21. The molecule has 0 heteroatoms. The third kappa shape index (κ3) is 0.654. The fraction of sp³-hybridized carbons (Fsp3) is 0.833. The lowest BCUT2D eigenvalue weighted by atomic mass is 9.72. The molecule has 0 aromatic carbocycles. The van der Waals surface area contributed by atoms with Crippen LogP contribution >= 0.6 is 0 Å². The molecule has 0 aromatic heterocycles. The Hall–Kier alpha value is -0.260. The van der Waals surface area contributed by atoms with Crippen LogP contribution in [-0.4, -0.2) is 0 Å². The monoisotopic (exact) mass is 162 g/mol. The summed E-state index contributed by atoms with van der Waals surface area (Å²) in [6.45, 7) is 4.99. The minimum absolute atomic E-state index is 0.709. The van der Waals surface area contributed by atoms with E-state index in [1.54, 1.807) is 0 Å². The Labute approximate surface area is 75.0 Å². The first-order chi connectivity index (χ1) is 5.71. The zero-order chi connectivity index (χ0) is 8.34. The molecule has 2 bridgehead atoms. The van der Waals surface area contributed by atoms with Gasteiger partial charge in [0.05, 0.1) is 0 Å². The predicted molar refractivity (Wildman–Crippen MR) is 50.9 cm³/mol. The molecule has 0 N–H and O–H groups in total. The molecule has 3 aliphatic carbocycles. The van der Waals surface area contributed by atoms with E-state index in [-0.39, 0.29) is 0 Å². The quantitative estimate of drug-likeness (QED) is 0.478. The number of fused-ring (bicyclic) bond motifs is 4. The summed E-state index contributed by atoms with van der Waals surface area (Å²) in [6, 6.07) is 0. The summed E-state index contributed by atoms with van der Waals surface area (Å²) in [6.07, 6.45) is 7.29. The summed E-state index contributed by atoms with van der Waals surface area (Å²) in [4.78, 5) is 0. The van der Waals surface area contributed by atoms with Crippen LogP contribution < -0.4 is 0 Å². The number of hydrogen-bond acceptors (Lipinski definition) is 0. The lowest BCUT2D eigenvalue weighted by Crippen LogP contribution is -2.25. The first-order valence-corrected chi connectivity index (χ1v) is 5.41. The van der Waals surface area contributed by atoms with Crippen LogP contribution in [0.3, 0.4) is 0 Å². The Kier molecular flexibility index (Phi) is 1.18. The molecule has 66 valence electrons. The molecule has 0 heterocycles. The van der Waals surface area contributed by atoms with Crippen LogP contribution in [0.5, 0.6) is 0 Å². The maximum absolute atomic E-state index is 2.53. The molecule has 3 atom stereocenters. The summed E-state index contributed by atoms with van der Waals surface area (Å²) in [5.41, 5.74) is 4.48. The van der Waals surface area contributed by atoms with Crippen molar-refractivity contribution in [2.24, 2.45) is 17.3 Å². The molecule has 0 radical (unpaired) electrons. The highest BCUT2D eigenvalue weighted by Gasteiger charge is 2.51. The second kappa shape index (κ2) is 1.97. The number of hydrogen-bond donors (Lipinski definition) is 0. The minimum Gasteiger partial charge on any atom is -0.0701 e. The van der Waals surface area contributed by atoms with Crippen molar-refractivity contribution in [3.05, 3.63) is 11.1 Å². The third-order valence-electron chi connectivity index (χ3n) is 4.63. The molecular weight excluding hydrogens is 144 g/mol. The molecule has 3 unspecified atom stereocenters. The van der Waals surface area contributed by atoms with E-state index in [0.717, 1.165) is 11.8 Å². The van der Waals surface area contributed by atoms with E-state index in [9.17, 15) is 0 Å². The van der Waals surface area contributed by atoms with E-state index in [1.807, 2.05) is 11.1 Å². The normalized spacial score (nSPS) is 50.5. The lowest BCUT2D eigenvalue weighted by Gasteiger charge is -2.32. The van der Waals surface area contributed by atoms with Crippen LogP contribution in [0, 0.1) is 17.3 Å². The molecule has 2 saturated carbocycles. The van der Waals surface area contributed by atoms with E-state index < -0.39 is 0 Å². The largest absolute Gasteiger partial charge is 0.0701 e. The van der Waals surface area contributed by atoms with Gasteiger partial charge in [0.15, 0.2) is 0 Å². The fourth-order valence-electron chi connectivity index (χ4n) is 4.19. The van der Waals surface area contributed by atoms with Crippen LogP contribution in [0.25, 0.3) is 0 Å². The van der Waals surface area contributed by atoms with Gasteiger partial charge in [-0.25, -0.2) is 0 Å². The second-order valence-electron chi connectivity index (χ2n) is 5.45. The average molecular weight is 162 g/mol. The standard InChI is InChI=1S/C12H18/c1-8-3-4-10-9-5-6-12(2,7-9)11(8)10/h8,11H,3-7H2,1-2H3. The van der Waals surface area contributed by atoms with Gasteiger partial charge in [-0.2, -0.15) is 0 Å². The molecule has 0 spiro atoms. The Morgan fingerprint density at radius 3 is 2.92 bits per heavy atom. The van der Waals surface area contributed by atoms with Crippen LogP contribution in [0.4, 0.5) is 0 Å². The minimum atomic E-state index is 0.709. The van der Waals surface area contributed by atoms with Gasteiger partial charge in [0.1, 0.15) is 0 Å². The van der Waals surface area contributed by atoms with Gasteiger partial charge in [0.25, 0.3) is 0 Å². The van der Waals surface area contributed by atoms with Crippen molar-refractivity contribution in [3.8, 4) is 0 Å². The van der Waals surface area contributed by atoms with Gasteiger partial charge in [-0.1, -0.05) is 25.0 Å². The van der Waals surface area contributed by atoms with E-state index >= 15 is 0 Å². The van der Waals surface area contributed by atoms with Crippen molar-refractivity contribution in [1.29, 1.82) is 0 Å². The summed E-state index contributed by atoms with van der Waals surface area (Å²) in [7, 11) is 0. The summed E-state index contributed by atoms with van der Waals surface area (Å²) < 4.78 is 0. The first kappa shape index (κ1) is 7.17. The zero-order valence-corrected chi connectivity index (χ0v) is 8.19. The summed E-state index contributed by atoms with van der Waals surface area (Å²) in [5, 5.41) is 0. The van der Waals surface area contributed by atoms with Crippen molar-refractivity contribution >= 4 is 0 Å². The number of allylic oxidation sites excluding steroid dienone is 2. The Morgan fingerprint density at radius 2 is 2.17 bits per heavy atom. The smallest absolute Gasteiger partial charge is 0.0118 e. The highest BCUT2D eigenvalue weighted by molar-refractivity contribution is 5.35. The van der Waals surface area contributed by atoms with Crippen molar-refractivity contribution in [1.82, 2.24) is 0 Å². The maximum Gasteiger partial charge on any atom is -0.0118 e. The molecule has 0 nitrogen and oxygen atoms in total. The van der Waals surface area contributed by atoms with Crippen molar-refractivity contribution in [2.75, 3.05) is 0 Å². The van der Waals surface area contributed by atoms with E-state index in [2.05, 4.69) is 13.8 Å². The molecule has 12 heavy (non-hydrogen) atoms. The van der Waals surface area contributed by atoms with Gasteiger partial charge in [-0.05, 0) is 49.4 Å². The van der Waals surface area contributed by atoms with E-state index in [4.69, 9.17) is 0 Å². The zero-order valence-electron chi connectivity index (χ0n) is 8.19. The number of rotatable bonds is 0. The van der Waals surface area contributed by atoms with Crippen molar-refractivity contribution in [2.45, 2.75) is 46.0 Å². The second-order valence-corrected chi connectivity index (χ2v) is 5.45. The van der Waals surface area contributed by atoms with Crippen LogP contribution in [0.15, 0.2) is 11.1 Å². The summed E-state index contributed by atoms with van der Waals surface area (Å²) >= 11 is 0. The lowest BCUT2D eigenvalue weighted by molar-refractivity contribution is 0.200. The molecule has 3 rings (SSSR count). The third-order valence-corrected chi connectivity index (χ3v) is 4.63. The van der Waals surface area contributed by atoms with Gasteiger partial charge >= 0.3 is 0 Å². The van der Waals surface area contributed by atoms with Crippen molar-refractivity contribution in [3.63, 3.8) is 0 Å². The molecular formula is C12H18. The van der Waals surface area contributed by atoms with E-state index in [0.29, 0.717) is 5.41 Å². The van der Waals surface area contributed by atoms with Gasteiger partial charge < -0.3 is 0 Å². The molecule has 0 aliphatic heterocycles. The van der Waals surface area contributed by atoms with Crippen LogP contribution in [0.1, 0.15) is 46.0 Å². The predicted octanol–water partition coefficient (Wildman–Crippen LogP) is 3.53. The first-order valence-electron chi connectivity index (χ1n) is 5.41. The van der Waals surface area contributed by atoms with Crippen LogP contribution in [0.2, 0.25) is 0 Å². The van der Waals surface area contributed by atoms with E-state index in [1.165, 1.54) is 32.1 Å². The topological polar surface area (TPSA) is 0 Å².